The van der Waals surface area contributed by atoms with Crippen LogP contribution >= 0.6 is 11.3 Å². The molecule has 0 atom stereocenters. The second kappa shape index (κ2) is 11.3. The lowest BCUT2D eigenvalue weighted by Crippen LogP contribution is -2.45. The van der Waals surface area contributed by atoms with E-state index in [-0.39, 0.29) is 30.0 Å². The number of carbonyl (C=O) groups is 3. The number of nitrogens with zero attached hydrogens (tertiary/aromatic N) is 3. The highest BCUT2D eigenvalue weighted by Crippen LogP contribution is 2.30. The van der Waals surface area contributed by atoms with E-state index in [0.29, 0.717) is 49.8 Å². The minimum Gasteiger partial charge on any atom is -0.461 e. The predicted molar refractivity (Wildman–Crippen MR) is 133 cm³/mol. The number of rotatable bonds is 8. The van der Waals surface area contributed by atoms with Crippen LogP contribution in [0.25, 0.3) is 0 Å². The number of benzene rings is 1. The van der Waals surface area contributed by atoms with Crippen molar-refractivity contribution in [2.75, 3.05) is 31.1 Å². The summed E-state index contributed by atoms with van der Waals surface area (Å²) in [5.41, 5.74) is 1.37. The molecule has 1 saturated heterocycles. The summed E-state index contributed by atoms with van der Waals surface area (Å²) in [4.78, 5) is 47.3. The van der Waals surface area contributed by atoms with Crippen molar-refractivity contribution in [2.24, 2.45) is 5.92 Å². The van der Waals surface area contributed by atoms with Gasteiger partial charge in [-0.1, -0.05) is 30.3 Å². The topological polar surface area (TPSA) is 93.0 Å². The fourth-order valence-electron chi connectivity index (χ4n) is 4.18. The highest BCUT2D eigenvalue weighted by Gasteiger charge is 2.33. The molecule has 0 N–H and O–H groups in total. The summed E-state index contributed by atoms with van der Waals surface area (Å²) >= 11 is 1.32. The van der Waals surface area contributed by atoms with E-state index in [2.05, 4.69) is 4.98 Å². The Bertz CT molecular complexity index is 1150. The molecule has 2 aromatic heterocycles. The number of aryl methyl sites for hydroxylation is 1. The molecular weight excluding hydrogens is 466 g/mol. The molecule has 1 aliphatic heterocycles. The Morgan fingerprint density at radius 1 is 1.14 bits per heavy atom. The SMILES string of the molecule is CCOC(=O)c1nc(N(CCc2ccccc2)C(=O)C2CCN(C(=O)c3ccco3)CC2)sc1C. The second-order valence-electron chi connectivity index (χ2n) is 8.39. The van der Waals surface area contributed by atoms with Crippen LogP contribution < -0.4 is 4.90 Å². The Morgan fingerprint density at radius 3 is 2.54 bits per heavy atom. The largest absolute Gasteiger partial charge is 0.461 e. The maximum Gasteiger partial charge on any atom is 0.358 e. The number of likely N-dealkylation sites (tertiary alicyclic amines) is 1. The standard InChI is InChI=1S/C26H29N3O5S/c1-3-33-25(32)22-18(2)35-26(27-22)29(16-11-19-8-5-4-6-9-19)23(30)20-12-14-28(15-13-20)24(31)21-10-7-17-34-21/h4-10,17,20H,3,11-16H2,1-2H3. The predicted octanol–water partition coefficient (Wildman–Crippen LogP) is 4.35. The molecule has 9 heteroatoms. The first-order valence-electron chi connectivity index (χ1n) is 11.8. The van der Waals surface area contributed by atoms with Gasteiger partial charge >= 0.3 is 5.97 Å². The minimum absolute atomic E-state index is 0.0322. The minimum atomic E-state index is -0.479. The second-order valence-corrected chi connectivity index (χ2v) is 9.57. The third kappa shape index (κ3) is 5.79. The van der Waals surface area contributed by atoms with Crippen LogP contribution in [0.1, 0.15) is 51.2 Å². The van der Waals surface area contributed by atoms with Crippen LogP contribution in [0.2, 0.25) is 0 Å². The summed E-state index contributed by atoms with van der Waals surface area (Å²) < 4.78 is 10.4. The molecule has 0 unspecified atom stereocenters. The Labute approximate surface area is 208 Å². The molecule has 0 spiro atoms. The number of hydrogen-bond acceptors (Lipinski definition) is 7. The van der Waals surface area contributed by atoms with E-state index >= 15 is 0 Å². The van der Waals surface area contributed by atoms with E-state index in [1.54, 1.807) is 28.9 Å². The first kappa shape index (κ1) is 24.7. The number of hydrogen-bond donors (Lipinski definition) is 0. The number of amides is 2. The summed E-state index contributed by atoms with van der Waals surface area (Å²) in [5, 5.41) is 0.501. The molecule has 3 heterocycles. The van der Waals surface area contributed by atoms with Crippen molar-refractivity contribution in [3.8, 4) is 0 Å². The lowest BCUT2D eigenvalue weighted by molar-refractivity contribution is -0.123. The van der Waals surface area contributed by atoms with Gasteiger partial charge in [-0.05, 0) is 50.8 Å². The van der Waals surface area contributed by atoms with E-state index in [1.165, 1.54) is 17.6 Å². The lowest BCUT2D eigenvalue weighted by Gasteiger charge is -2.33. The average Bonchev–Trinajstić information content (AvgIpc) is 3.55. The molecule has 8 nitrogen and oxygen atoms in total. The number of piperidine rings is 1. The molecule has 0 aliphatic carbocycles. The highest BCUT2D eigenvalue weighted by molar-refractivity contribution is 7.16. The number of esters is 1. The van der Waals surface area contributed by atoms with Crippen LogP contribution in [0.5, 0.6) is 0 Å². The van der Waals surface area contributed by atoms with Crippen molar-refractivity contribution < 1.29 is 23.5 Å². The van der Waals surface area contributed by atoms with Gasteiger partial charge in [0.05, 0.1) is 12.9 Å². The average molecular weight is 496 g/mol. The van der Waals surface area contributed by atoms with Crippen LogP contribution in [-0.2, 0) is 16.0 Å². The van der Waals surface area contributed by atoms with Gasteiger partial charge in [0.25, 0.3) is 5.91 Å². The maximum absolute atomic E-state index is 13.7. The van der Waals surface area contributed by atoms with E-state index in [0.717, 1.165) is 10.4 Å². The van der Waals surface area contributed by atoms with E-state index in [1.807, 2.05) is 37.3 Å². The Hall–Kier alpha value is -3.46. The fourth-order valence-corrected chi connectivity index (χ4v) is 5.11. The molecule has 1 fully saturated rings. The van der Waals surface area contributed by atoms with E-state index in [9.17, 15) is 14.4 Å². The van der Waals surface area contributed by atoms with Crippen LogP contribution in [0.15, 0.2) is 53.1 Å². The van der Waals surface area contributed by atoms with Crippen molar-refractivity contribution in [3.63, 3.8) is 0 Å². The van der Waals surface area contributed by atoms with Crippen LogP contribution in [0.4, 0.5) is 5.13 Å². The van der Waals surface area contributed by atoms with Crippen molar-refractivity contribution in [1.82, 2.24) is 9.88 Å². The molecule has 2 amide bonds. The Balaban J connectivity index is 1.50. The van der Waals surface area contributed by atoms with Gasteiger partial charge in [0.1, 0.15) is 0 Å². The van der Waals surface area contributed by atoms with Gasteiger partial charge in [-0.15, -0.1) is 11.3 Å². The highest BCUT2D eigenvalue weighted by atomic mass is 32.1. The molecule has 1 aromatic carbocycles. The number of thiazole rings is 1. The first-order valence-corrected chi connectivity index (χ1v) is 12.6. The van der Waals surface area contributed by atoms with Gasteiger partial charge < -0.3 is 14.1 Å². The third-order valence-corrected chi connectivity index (χ3v) is 7.08. The van der Waals surface area contributed by atoms with Gasteiger partial charge in [0.2, 0.25) is 5.91 Å². The summed E-state index contributed by atoms with van der Waals surface area (Å²) in [6.45, 7) is 5.23. The fraction of sp³-hybridized carbons (Fsp3) is 0.385. The number of carbonyl (C=O) groups excluding carboxylic acids is 3. The van der Waals surface area contributed by atoms with Crippen molar-refractivity contribution in [3.05, 3.63) is 70.6 Å². The Morgan fingerprint density at radius 2 is 1.89 bits per heavy atom. The van der Waals surface area contributed by atoms with Crippen LogP contribution in [0.3, 0.4) is 0 Å². The normalized spacial score (nSPS) is 14.1. The van der Waals surface area contributed by atoms with Gasteiger partial charge in [-0.3, -0.25) is 14.5 Å². The molecule has 3 aromatic rings. The third-order valence-electron chi connectivity index (χ3n) is 6.08. The van der Waals surface area contributed by atoms with Crippen molar-refractivity contribution in [2.45, 2.75) is 33.1 Å². The smallest absolute Gasteiger partial charge is 0.358 e. The Kier molecular flexibility index (Phi) is 7.97. The van der Waals surface area contributed by atoms with Gasteiger partial charge in [-0.2, -0.15) is 0 Å². The molecule has 1 aliphatic rings. The molecule has 0 saturated carbocycles. The van der Waals surface area contributed by atoms with Crippen molar-refractivity contribution >= 4 is 34.3 Å². The molecule has 4 rings (SSSR count). The van der Waals surface area contributed by atoms with E-state index in [4.69, 9.17) is 9.15 Å². The first-order chi connectivity index (χ1) is 17.0. The van der Waals surface area contributed by atoms with Crippen LogP contribution in [0, 0.1) is 12.8 Å². The summed E-state index contributed by atoms with van der Waals surface area (Å²) in [5.74, 6) is -0.593. The maximum atomic E-state index is 13.7. The van der Waals surface area contributed by atoms with Gasteiger partial charge in [0, 0.05) is 30.4 Å². The molecule has 35 heavy (non-hydrogen) atoms. The zero-order valence-corrected chi connectivity index (χ0v) is 20.8. The summed E-state index contributed by atoms with van der Waals surface area (Å²) in [7, 11) is 0. The molecule has 0 radical (unpaired) electrons. The number of anilines is 1. The molecule has 0 bridgehead atoms. The molecular formula is C26H29N3O5S. The number of ether oxygens (including phenoxy) is 1. The van der Waals surface area contributed by atoms with Gasteiger partial charge in [0.15, 0.2) is 16.6 Å². The van der Waals surface area contributed by atoms with Crippen molar-refractivity contribution in [1.29, 1.82) is 0 Å². The summed E-state index contributed by atoms with van der Waals surface area (Å²) in [6, 6.07) is 13.3. The van der Waals surface area contributed by atoms with Gasteiger partial charge in [-0.25, -0.2) is 9.78 Å². The summed E-state index contributed by atoms with van der Waals surface area (Å²) in [6.07, 6.45) is 3.26. The van der Waals surface area contributed by atoms with E-state index < -0.39 is 5.97 Å². The monoisotopic (exact) mass is 495 g/mol. The zero-order chi connectivity index (χ0) is 24.8. The lowest BCUT2D eigenvalue weighted by atomic mass is 9.95. The zero-order valence-electron chi connectivity index (χ0n) is 19.9. The van der Waals surface area contributed by atoms with Crippen LogP contribution in [-0.4, -0.2) is 53.9 Å². The number of furan rings is 1. The quantitative estimate of drug-likeness (QED) is 0.432. The molecule has 184 valence electrons. The number of aromatic nitrogens is 1.